The minimum Gasteiger partial charge on any atom is -0.478 e. The van der Waals surface area contributed by atoms with Crippen LogP contribution in [0.3, 0.4) is 0 Å². The van der Waals surface area contributed by atoms with Crippen LogP contribution in [0.4, 0.5) is 0 Å². The van der Waals surface area contributed by atoms with E-state index in [1.165, 1.54) is 18.5 Å². The number of hydrogen-bond acceptors (Lipinski definition) is 4. The van der Waals surface area contributed by atoms with E-state index in [9.17, 15) is 4.79 Å². The lowest BCUT2D eigenvalue weighted by Gasteiger charge is -2.18. The van der Waals surface area contributed by atoms with Crippen LogP contribution < -0.4 is 0 Å². The minimum absolute atomic E-state index is 0.0676. The van der Waals surface area contributed by atoms with Crippen LogP contribution in [-0.2, 0) is 5.41 Å². The van der Waals surface area contributed by atoms with Crippen LogP contribution in [0, 0.1) is 0 Å². The molecule has 0 radical (unpaired) electrons. The van der Waals surface area contributed by atoms with Crippen LogP contribution in [0.2, 0.25) is 5.02 Å². The second kappa shape index (κ2) is 6.84. The number of halogens is 1. The van der Waals surface area contributed by atoms with Crippen molar-refractivity contribution < 1.29 is 9.90 Å². The first-order valence-corrected chi connectivity index (χ1v) is 8.45. The Morgan fingerprint density at radius 3 is 2.38 bits per heavy atom. The van der Waals surface area contributed by atoms with Crippen molar-refractivity contribution in [3.63, 3.8) is 0 Å². The van der Waals surface area contributed by atoms with Crippen molar-refractivity contribution in [2.45, 2.75) is 26.2 Å². The summed E-state index contributed by atoms with van der Waals surface area (Å²) in [6.45, 7) is 6.32. The number of aromatic nitrogens is 3. The van der Waals surface area contributed by atoms with Gasteiger partial charge in [0.2, 0.25) is 0 Å². The Kier molecular flexibility index (Phi) is 4.74. The molecule has 0 bridgehead atoms. The van der Waals surface area contributed by atoms with E-state index in [0.717, 1.165) is 17.0 Å². The van der Waals surface area contributed by atoms with Crippen molar-refractivity contribution >= 4 is 17.6 Å². The van der Waals surface area contributed by atoms with Crippen molar-refractivity contribution in [1.82, 2.24) is 15.0 Å². The number of aromatic carboxylic acids is 1. The van der Waals surface area contributed by atoms with E-state index in [2.05, 4.69) is 35.7 Å². The molecule has 0 aliphatic heterocycles. The van der Waals surface area contributed by atoms with E-state index in [1.807, 2.05) is 18.2 Å². The van der Waals surface area contributed by atoms with Gasteiger partial charge in [-0.1, -0.05) is 38.4 Å². The molecule has 0 atom stereocenters. The zero-order valence-electron chi connectivity index (χ0n) is 14.7. The first-order valence-electron chi connectivity index (χ1n) is 8.08. The molecule has 0 aliphatic rings. The average Bonchev–Trinajstić information content (AvgIpc) is 2.61. The Labute approximate surface area is 156 Å². The Balaban J connectivity index is 2.03. The van der Waals surface area contributed by atoms with E-state index < -0.39 is 5.97 Å². The molecule has 0 amide bonds. The molecule has 1 N–H and O–H groups in total. The van der Waals surface area contributed by atoms with Gasteiger partial charge in [-0.2, -0.15) is 0 Å². The molecule has 0 fully saturated rings. The molecule has 0 aliphatic carbocycles. The van der Waals surface area contributed by atoms with Gasteiger partial charge < -0.3 is 5.11 Å². The molecule has 3 aromatic rings. The topological polar surface area (TPSA) is 76.0 Å². The van der Waals surface area contributed by atoms with E-state index >= 15 is 0 Å². The highest BCUT2D eigenvalue weighted by Gasteiger charge is 2.17. The van der Waals surface area contributed by atoms with Crippen molar-refractivity contribution in [2.75, 3.05) is 0 Å². The predicted octanol–water partition coefficient (Wildman–Crippen LogP) is 4.85. The zero-order valence-corrected chi connectivity index (χ0v) is 15.4. The van der Waals surface area contributed by atoms with E-state index in [4.69, 9.17) is 16.7 Å². The third-order valence-corrected chi connectivity index (χ3v) is 4.30. The molecule has 0 saturated heterocycles. The van der Waals surface area contributed by atoms with E-state index in [-0.39, 0.29) is 11.0 Å². The summed E-state index contributed by atoms with van der Waals surface area (Å²) >= 11 is 6.26. The molecule has 5 nitrogen and oxygen atoms in total. The highest BCUT2D eigenvalue weighted by Crippen LogP contribution is 2.30. The summed E-state index contributed by atoms with van der Waals surface area (Å²) in [6, 6.07) is 10.3. The average molecular weight is 368 g/mol. The van der Waals surface area contributed by atoms with Gasteiger partial charge in [0.05, 0.1) is 22.0 Å². The highest BCUT2D eigenvalue weighted by atomic mass is 35.5. The summed E-state index contributed by atoms with van der Waals surface area (Å²) in [5.74, 6) is -1.02. The lowest BCUT2D eigenvalue weighted by Crippen LogP contribution is -2.13. The lowest BCUT2D eigenvalue weighted by atomic mass is 9.90. The summed E-state index contributed by atoms with van der Waals surface area (Å²) in [4.78, 5) is 24.1. The molecule has 132 valence electrons. The Morgan fingerprint density at radius 2 is 1.73 bits per heavy atom. The van der Waals surface area contributed by atoms with Crippen molar-refractivity contribution in [3.8, 4) is 22.5 Å². The monoisotopic (exact) mass is 367 g/mol. The molecule has 3 rings (SSSR count). The van der Waals surface area contributed by atoms with Gasteiger partial charge in [-0.05, 0) is 30.3 Å². The quantitative estimate of drug-likeness (QED) is 0.715. The van der Waals surface area contributed by atoms with Crippen LogP contribution in [-0.4, -0.2) is 26.0 Å². The van der Waals surface area contributed by atoms with Gasteiger partial charge >= 0.3 is 5.97 Å². The molecule has 0 saturated carbocycles. The van der Waals surface area contributed by atoms with Crippen LogP contribution in [0.5, 0.6) is 0 Å². The fraction of sp³-hybridized carbons (Fsp3) is 0.200. The Bertz CT molecular complexity index is 981. The van der Waals surface area contributed by atoms with Gasteiger partial charge in [0.15, 0.2) is 0 Å². The summed E-state index contributed by atoms with van der Waals surface area (Å²) in [5.41, 5.74) is 4.02. The number of nitrogens with zero attached hydrogens (tertiary/aromatic N) is 3. The molecule has 26 heavy (non-hydrogen) atoms. The van der Waals surface area contributed by atoms with Crippen LogP contribution in [0.25, 0.3) is 22.5 Å². The molecular weight excluding hydrogens is 350 g/mol. The van der Waals surface area contributed by atoms with Crippen LogP contribution in [0.1, 0.15) is 36.8 Å². The highest BCUT2D eigenvalue weighted by molar-refractivity contribution is 6.33. The fourth-order valence-corrected chi connectivity index (χ4v) is 2.80. The number of carboxylic acids is 1. The van der Waals surface area contributed by atoms with Gasteiger partial charge in [-0.25, -0.2) is 14.8 Å². The maximum absolute atomic E-state index is 11.1. The van der Waals surface area contributed by atoms with Gasteiger partial charge in [0, 0.05) is 28.4 Å². The van der Waals surface area contributed by atoms with Crippen molar-refractivity contribution in [3.05, 3.63) is 65.2 Å². The third-order valence-electron chi connectivity index (χ3n) is 3.98. The second-order valence-electron chi connectivity index (χ2n) is 6.97. The third kappa shape index (κ3) is 3.73. The molecule has 0 spiro atoms. The van der Waals surface area contributed by atoms with Crippen molar-refractivity contribution in [1.29, 1.82) is 0 Å². The Morgan fingerprint density at radius 1 is 1.00 bits per heavy atom. The summed E-state index contributed by atoms with van der Waals surface area (Å²) in [6.07, 6.45) is 3.25. The van der Waals surface area contributed by atoms with Gasteiger partial charge in [-0.15, -0.1) is 0 Å². The standard InChI is InChI=1S/C20H18ClN3O2/c1-20(2,3)18-9-12(6-7-22-18)16-10-17(24-11-23-16)14-5-4-13(19(25)26)8-15(14)21/h4-11H,1-3H3,(H,25,26). The number of hydrogen-bond donors (Lipinski definition) is 1. The van der Waals surface area contributed by atoms with Gasteiger partial charge in [0.1, 0.15) is 6.33 Å². The second-order valence-corrected chi connectivity index (χ2v) is 7.38. The first-order chi connectivity index (χ1) is 12.3. The SMILES string of the molecule is CC(C)(C)c1cc(-c2cc(-c3ccc(C(=O)O)cc3Cl)ncn2)ccn1. The van der Waals surface area contributed by atoms with Gasteiger partial charge in [-0.3, -0.25) is 4.98 Å². The van der Waals surface area contributed by atoms with Crippen LogP contribution >= 0.6 is 11.6 Å². The van der Waals surface area contributed by atoms with E-state index in [1.54, 1.807) is 12.3 Å². The number of rotatable bonds is 3. The zero-order chi connectivity index (χ0) is 18.9. The smallest absolute Gasteiger partial charge is 0.335 e. The fourth-order valence-electron chi connectivity index (χ4n) is 2.52. The minimum atomic E-state index is -1.02. The Hall–Kier alpha value is -2.79. The molecule has 6 heteroatoms. The number of pyridine rings is 1. The molecule has 2 aromatic heterocycles. The largest absolute Gasteiger partial charge is 0.478 e. The summed E-state index contributed by atoms with van der Waals surface area (Å²) in [5, 5.41) is 9.40. The number of carboxylic acid groups (broad SMARTS) is 1. The maximum Gasteiger partial charge on any atom is 0.335 e. The first kappa shape index (κ1) is 18.0. The predicted molar refractivity (Wildman–Crippen MR) is 101 cm³/mol. The molecule has 2 heterocycles. The molecular formula is C20H18ClN3O2. The molecule has 1 aromatic carbocycles. The number of carbonyl (C=O) groups is 1. The normalized spacial score (nSPS) is 11.4. The van der Waals surface area contributed by atoms with E-state index in [0.29, 0.717) is 16.3 Å². The lowest BCUT2D eigenvalue weighted by molar-refractivity contribution is 0.0697. The van der Waals surface area contributed by atoms with Crippen LogP contribution in [0.15, 0.2) is 48.9 Å². The summed E-state index contributed by atoms with van der Waals surface area (Å²) in [7, 11) is 0. The molecule has 0 unspecified atom stereocenters. The van der Waals surface area contributed by atoms with Gasteiger partial charge in [0.25, 0.3) is 0 Å². The maximum atomic E-state index is 11.1. The van der Waals surface area contributed by atoms with Crippen molar-refractivity contribution in [2.24, 2.45) is 0 Å². The summed E-state index contributed by atoms with van der Waals surface area (Å²) < 4.78 is 0. The number of benzene rings is 1.